The van der Waals surface area contributed by atoms with E-state index in [1.807, 2.05) is 0 Å². The Morgan fingerprint density at radius 2 is 1.63 bits per heavy atom. The van der Waals surface area contributed by atoms with Crippen molar-refractivity contribution in [3.8, 4) is 5.75 Å². The number of nitrogens with zero attached hydrogens (tertiary/aromatic N) is 1. The van der Waals surface area contributed by atoms with Crippen molar-refractivity contribution < 1.29 is 19.4 Å². The number of hydrogen-bond acceptors (Lipinski definition) is 4. The van der Waals surface area contributed by atoms with Crippen LogP contribution in [-0.2, 0) is 14.3 Å². The first-order valence-electron chi connectivity index (χ1n) is 6.50. The molecule has 4 atom stereocenters. The summed E-state index contributed by atoms with van der Waals surface area (Å²) in [6.07, 6.45) is 1.45. The zero-order chi connectivity index (χ0) is 13.1. The number of amides is 2. The number of phenolic OH excluding ortho intramolecular Hbond substituents is 1. The van der Waals surface area contributed by atoms with Gasteiger partial charge in [-0.1, -0.05) is 12.1 Å². The van der Waals surface area contributed by atoms with E-state index in [1.165, 1.54) is 6.07 Å². The maximum Gasteiger partial charge on any atom is 0.240 e. The molecule has 0 aromatic heterocycles. The van der Waals surface area contributed by atoms with E-state index < -0.39 is 0 Å². The highest BCUT2D eigenvalue weighted by atomic mass is 16.5. The molecule has 0 radical (unpaired) electrons. The Morgan fingerprint density at radius 1 is 1.05 bits per heavy atom. The molecule has 3 saturated heterocycles. The standard InChI is InChI=1S/C14H13NO4/c16-8-4-2-1-3-7(8)15-13(17)11-9-5-6-10(19-9)12(11)14(15)18/h1-4,9-12,16H,5-6H2/t9-,10-,11+,12+/m1/s1. The molecular formula is C14H13NO4. The van der Waals surface area contributed by atoms with E-state index in [-0.39, 0.29) is 47.3 Å². The van der Waals surface area contributed by atoms with Crippen molar-refractivity contribution >= 4 is 17.5 Å². The summed E-state index contributed by atoms with van der Waals surface area (Å²) < 4.78 is 5.66. The van der Waals surface area contributed by atoms with E-state index in [4.69, 9.17) is 4.74 Å². The molecule has 0 saturated carbocycles. The van der Waals surface area contributed by atoms with Crippen LogP contribution >= 0.6 is 0 Å². The topological polar surface area (TPSA) is 66.8 Å². The lowest BCUT2D eigenvalue weighted by Gasteiger charge is -2.18. The van der Waals surface area contributed by atoms with E-state index >= 15 is 0 Å². The lowest BCUT2D eigenvalue weighted by atomic mass is 9.81. The van der Waals surface area contributed by atoms with Gasteiger partial charge in [0.05, 0.1) is 29.7 Å². The molecule has 2 bridgehead atoms. The van der Waals surface area contributed by atoms with Gasteiger partial charge in [0.2, 0.25) is 11.8 Å². The van der Waals surface area contributed by atoms with Crippen molar-refractivity contribution in [2.75, 3.05) is 4.90 Å². The van der Waals surface area contributed by atoms with Crippen LogP contribution in [0.4, 0.5) is 5.69 Å². The normalized spacial score (nSPS) is 36.1. The molecule has 98 valence electrons. The van der Waals surface area contributed by atoms with Gasteiger partial charge in [0.1, 0.15) is 5.75 Å². The number of carbonyl (C=O) groups is 2. The van der Waals surface area contributed by atoms with Crippen LogP contribution in [0.15, 0.2) is 24.3 Å². The van der Waals surface area contributed by atoms with Crippen molar-refractivity contribution in [3.05, 3.63) is 24.3 Å². The Labute approximate surface area is 109 Å². The van der Waals surface area contributed by atoms with Gasteiger partial charge in [-0.3, -0.25) is 9.59 Å². The SMILES string of the molecule is O=C1[C@@H]2[C@@H](C(=O)N1c1ccccc1O)[C@H]1CC[C@H]2O1. The summed E-state index contributed by atoms with van der Waals surface area (Å²) >= 11 is 0. The van der Waals surface area contributed by atoms with Crippen LogP contribution in [0.2, 0.25) is 0 Å². The largest absolute Gasteiger partial charge is 0.506 e. The summed E-state index contributed by atoms with van der Waals surface area (Å²) in [5.41, 5.74) is 0.284. The predicted molar refractivity (Wildman–Crippen MR) is 65.5 cm³/mol. The number of ether oxygens (including phenoxy) is 1. The first kappa shape index (κ1) is 11.0. The molecule has 3 fully saturated rings. The van der Waals surface area contributed by atoms with Gasteiger partial charge < -0.3 is 9.84 Å². The summed E-state index contributed by atoms with van der Waals surface area (Å²) in [5.74, 6) is -1.22. The molecule has 5 nitrogen and oxygen atoms in total. The molecule has 5 heteroatoms. The first-order valence-corrected chi connectivity index (χ1v) is 6.50. The molecule has 3 heterocycles. The summed E-state index contributed by atoms with van der Waals surface area (Å²) in [4.78, 5) is 26.0. The second kappa shape index (κ2) is 3.57. The predicted octanol–water partition coefficient (Wildman–Crippen LogP) is 1.06. The van der Waals surface area contributed by atoms with Crippen molar-refractivity contribution in [1.29, 1.82) is 0 Å². The van der Waals surface area contributed by atoms with Gasteiger partial charge in [-0.15, -0.1) is 0 Å². The number of benzene rings is 1. The number of phenols is 1. The van der Waals surface area contributed by atoms with Gasteiger partial charge in [-0.25, -0.2) is 4.90 Å². The van der Waals surface area contributed by atoms with Crippen LogP contribution in [0, 0.1) is 11.8 Å². The minimum absolute atomic E-state index is 0.0440. The maximum absolute atomic E-state index is 12.5. The van der Waals surface area contributed by atoms with E-state index in [0.717, 1.165) is 17.7 Å². The van der Waals surface area contributed by atoms with Crippen LogP contribution in [0.1, 0.15) is 12.8 Å². The average molecular weight is 259 g/mol. The number of fused-ring (bicyclic) bond motifs is 5. The number of aromatic hydroxyl groups is 1. The Morgan fingerprint density at radius 3 is 2.21 bits per heavy atom. The maximum atomic E-state index is 12.5. The van der Waals surface area contributed by atoms with Crippen LogP contribution in [-0.4, -0.2) is 29.1 Å². The smallest absolute Gasteiger partial charge is 0.240 e. The first-order chi connectivity index (χ1) is 9.18. The Hall–Kier alpha value is -1.88. The van der Waals surface area contributed by atoms with E-state index in [1.54, 1.807) is 18.2 Å². The van der Waals surface area contributed by atoms with Gasteiger partial charge in [-0.05, 0) is 25.0 Å². The second-order valence-electron chi connectivity index (χ2n) is 5.34. The minimum Gasteiger partial charge on any atom is -0.506 e. The average Bonchev–Trinajstić information content (AvgIpc) is 3.06. The Balaban J connectivity index is 1.78. The minimum atomic E-state index is -0.356. The number of hydrogen-bond donors (Lipinski definition) is 1. The van der Waals surface area contributed by atoms with Gasteiger partial charge in [0.15, 0.2) is 0 Å². The molecule has 0 aliphatic carbocycles. The zero-order valence-corrected chi connectivity index (χ0v) is 10.2. The van der Waals surface area contributed by atoms with Crippen LogP contribution in [0.3, 0.4) is 0 Å². The molecule has 0 spiro atoms. The third-order valence-electron chi connectivity index (χ3n) is 4.41. The quantitative estimate of drug-likeness (QED) is 0.766. The number of rotatable bonds is 1. The fourth-order valence-electron chi connectivity index (χ4n) is 3.60. The molecule has 1 aromatic rings. The van der Waals surface area contributed by atoms with Crippen molar-refractivity contribution in [2.24, 2.45) is 11.8 Å². The van der Waals surface area contributed by atoms with Crippen molar-refractivity contribution in [1.82, 2.24) is 0 Å². The molecule has 3 aliphatic rings. The molecule has 0 unspecified atom stereocenters. The summed E-state index contributed by atoms with van der Waals surface area (Å²) in [6, 6.07) is 6.44. The molecule has 19 heavy (non-hydrogen) atoms. The highest BCUT2D eigenvalue weighted by Gasteiger charge is 2.62. The summed E-state index contributed by atoms with van der Waals surface area (Å²) in [6.45, 7) is 0. The number of para-hydroxylation sites is 2. The molecule has 2 amide bonds. The van der Waals surface area contributed by atoms with E-state index in [2.05, 4.69) is 0 Å². The van der Waals surface area contributed by atoms with E-state index in [0.29, 0.717) is 0 Å². The van der Waals surface area contributed by atoms with Crippen LogP contribution < -0.4 is 4.90 Å². The lowest BCUT2D eigenvalue weighted by Crippen LogP contribution is -2.34. The highest BCUT2D eigenvalue weighted by Crippen LogP contribution is 2.50. The number of carbonyl (C=O) groups excluding carboxylic acids is 2. The van der Waals surface area contributed by atoms with Crippen LogP contribution in [0.5, 0.6) is 5.75 Å². The third kappa shape index (κ3) is 1.28. The molecular weight excluding hydrogens is 246 g/mol. The van der Waals surface area contributed by atoms with Crippen molar-refractivity contribution in [2.45, 2.75) is 25.0 Å². The van der Waals surface area contributed by atoms with Crippen LogP contribution in [0.25, 0.3) is 0 Å². The number of anilines is 1. The summed E-state index contributed by atoms with van der Waals surface area (Å²) in [7, 11) is 0. The molecule has 3 aliphatic heterocycles. The lowest BCUT2D eigenvalue weighted by molar-refractivity contribution is -0.124. The highest BCUT2D eigenvalue weighted by molar-refractivity contribution is 6.23. The van der Waals surface area contributed by atoms with Crippen molar-refractivity contribution in [3.63, 3.8) is 0 Å². The van der Waals surface area contributed by atoms with E-state index in [9.17, 15) is 14.7 Å². The number of imide groups is 1. The third-order valence-corrected chi connectivity index (χ3v) is 4.41. The molecule has 1 N–H and O–H groups in total. The van der Waals surface area contributed by atoms with Gasteiger partial charge in [0.25, 0.3) is 0 Å². The fourth-order valence-corrected chi connectivity index (χ4v) is 3.60. The van der Waals surface area contributed by atoms with Gasteiger partial charge >= 0.3 is 0 Å². The Bertz CT molecular complexity index is 557. The molecule has 4 rings (SSSR count). The molecule has 1 aromatic carbocycles. The second-order valence-corrected chi connectivity index (χ2v) is 5.34. The van der Waals surface area contributed by atoms with Gasteiger partial charge in [-0.2, -0.15) is 0 Å². The Kier molecular flexibility index (Phi) is 2.07. The van der Waals surface area contributed by atoms with Gasteiger partial charge in [0, 0.05) is 0 Å². The monoisotopic (exact) mass is 259 g/mol. The fraction of sp³-hybridized carbons (Fsp3) is 0.429. The zero-order valence-electron chi connectivity index (χ0n) is 10.2. The summed E-state index contributed by atoms with van der Waals surface area (Å²) in [5, 5.41) is 9.84.